The number of halogens is 4. The van der Waals surface area contributed by atoms with E-state index in [1.54, 1.807) is 18.2 Å². The fraction of sp³-hybridized carbons (Fsp3) is 0.357. The minimum Gasteiger partial charge on any atom is -0.252 e. The molecule has 2 nitrogen and oxygen atoms in total. The van der Waals surface area contributed by atoms with E-state index in [0.29, 0.717) is 41.3 Å². The van der Waals surface area contributed by atoms with E-state index < -0.39 is 18.5 Å². The van der Waals surface area contributed by atoms with E-state index in [1.165, 1.54) is 0 Å². The summed E-state index contributed by atoms with van der Waals surface area (Å²) < 4.78 is 51.2. The number of rotatable bonds is 1. The molecule has 0 bridgehead atoms. The van der Waals surface area contributed by atoms with Crippen LogP contribution in [-0.2, 0) is 6.42 Å². The van der Waals surface area contributed by atoms with E-state index in [0.717, 1.165) is 5.56 Å². The van der Waals surface area contributed by atoms with Crippen molar-refractivity contribution in [3.8, 4) is 0 Å². The molecule has 0 radical (unpaired) electrons. The minimum absolute atomic E-state index is 0.347. The highest BCUT2D eigenvalue weighted by atomic mass is 19.4. The summed E-state index contributed by atoms with van der Waals surface area (Å²) in [5.74, 6) is -0.524. The SMILES string of the molecule is Fc1[nH]nc2ccc3c(c12)CCCC(CC(F)(F)F)=C3. The molecule has 0 amide bonds. The first-order valence-corrected chi connectivity index (χ1v) is 6.36. The standard InChI is InChI=1S/C14H12F4N2/c15-13-12-10-3-1-2-8(7-14(16,17)18)6-9(10)4-5-11(12)19-20-13/h4-6H,1-3,7H2,(H,19,20). The van der Waals surface area contributed by atoms with Gasteiger partial charge in [0.1, 0.15) is 0 Å². The molecule has 0 saturated carbocycles. The molecule has 1 heterocycles. The number of benzene rings is 1. The number of fused-ring (bicyclic) bond motifs is 3. The summed E-state index contributed by atoms with van der Waals surface area (Å²) in [6.07, 6.45) is -2.05. The van der Waals surface area contributed by atoms with Crippen molar-refractivity contribution in [1.82, 2.24) is 10.2 Å². The Balaban J connectivity index is 2.09. The van der Waals surface area contributed by atoms with Gasteiger partial charge in [-0.1, -0.05) is 17.7 Å². The highest BCUT2D eigenvalue weighted by Gasteiger charge is 2.29. The first kappa shape index (κ1) is 13.1. The van der Waals surface area contributed by atoms with Crippen LogP contribution in [0.2, 0.25) is 0 Å². The molecule has 3 rings (SSSR count). The predicted molar refractivity (Wildman–Crippen MR) is 67.6 cm³/mol. The monoisotopic (exact) mass is 284 g/mol. The number of nitrogens with zero attached hydrogens (tertiary/aromatic N) is 1. The topological polar surface area (TPSA) is 28.7 Å². The predicted octanol–water partition coefficient (Wildman–Crippen LogP) is 4.37. The molecular formula is C14H12F4N2. The van der Waals surface area contributed by atoms with Crippen molar-refractivity contribution < 1.29 is 17.6 Å². The highest BCUT2D eigenvalue weighted by molar-refractivity contribution is 5.86. The van der Waals surface area contributed by atoms with Gasteiger partial charge in [0.05, 0.1) is 17.3 Å². The Morgan fingerprint density at radius 3 is 2.75 bits per heavy atom. The molecule has 1 aromatic heterocycles. The van der Waals surface area contributed by atoms with Crippen molar-refractivity contribution in [3.05, 3.63) is 34.8 Å². The van der Waals surface area contributed by atoms with Crippen LogP contribution in [-0.4, -0.2) is 16.4 Å². The third kappa shape index (κ3) is 2.42. The molecule has 1 aliphatic rings. The van der Waals surface area contributed by atoms with Crippen molar-refractivity contribution in [2.75, 3.05) is 0 Å². The molecule has 1 N–H and O–H groups in total. The van der Waals surface area contributed by atoms with Crippen LogP contribution in [0.15, 0.2) is 17.7 Å². The largest absolute Gasteiger partial charge is 0.392 e. The second-order valence-electron chi connectivity index (χ2n) is 5.01. The van der Waals surface area contributed by atoms with E-state index in [-0.39, 0.29) is 0 Å². The summed E-state index contributed by atoms with van der Waals surface area (Å²) in [5, 5.41) is 6.51. The van der Waals surface area contributed by atoms with Crippen molar-refractivity contribution in [1.29, 1.82) is 0 Å². The van der Waals surface area contributed by atoms with E-state index >= 15 is 0 Å². The van der Waals surface area contributed by atoms with Crippen LogP contribution in [0.1, 0.15) is 30.4 Å². The summed E-state index contributed by atoms with van der Waals surface area (Å²) >= 11 is 0. The fourth-order valence-corrected chi connectivity index (χ4v) is 2.74. The van der Waals surface area contributed by atoms with Gasteiger partial charge in [-0.3, -0.25) is 5.10 Å². The quantitative estimate of drug-likeness (QED) is 0.774. The van der Waals surface area contributed by atoms with Gasteiger partial charge in [0, 0.05) is 0 Å². The van der Waals surface area contributed by atoms with Gasteiger partial charge in [-0.15, -0.1) is 0 Å². The third-order valence-electron chi connectivity index (χ3n) is 3.53. The lowest BCUT2D eigenvalue weighted by Crippen LogP contribution is -2.08. The number of hydrogen-bond donors (Lipinski definition) is 1. The molecule has 0 saturated heterocycles. The van der Waals surface area contributed by atoms with Crippen LogP contribution in [0.3, 0.4) is 0 Å². The van der Waals surface area contributed by atoms with E-state index in [4.69, 9.17) is 0 Å². The third-order valence-corrected chi connectivity index (χ3v) is 3.53. The molecule has 1 aromatic carbocycles. The van der Waals surface area contributed by atoms with E-state index in [9.17, 15) is 17.6 Å². The molecule has 106 valence electrons. The zero-order valence-electron chi connectivity index (χ0n) is 10.5. The number of hydrogen-bond acceptors (Lipinski definition) is 1. The van der Waals surface area contributed by atoms with Gasteiger partial charge in [-0.05, 0) is 36.5 Å². The van der Waals surface area contributed by atoms with Crippen LogP contribution in [0, 0.1) is 5.95 Å². The number of aromatic amines is 1. The summed E-state index contributed by atoms with van der Waals surface area (Å²) in [6.45, 7) is 0. The lowest BCUT2D eigenvalue weighted by Gasteiger charge is -2.08. The van der Waals surface area contributed by atoms with Gasteiger partial charge in [0.2, 0.25) is 5.95 Å². The molecule has 20 heavy (non-hydrogen) atoms. The first-order valence-electron chi connectivity index (χ1n) is 6.36. The van der Waals surface area contributed by atoms with Crippen molar-refractivity contribution in [3.63, 3.8) is 0 Å². The molecule has 0 unspecified atom stereocenters. The molecule has 0 aliphatic heterocycles. The first-order chi connectivity index (χ1) is 9.44. The maximum absolute atomic E-state index is 13.7. The molecular weight excluding hydrogens is 272 g/mol. The van der Waals surface area contributed by atoms with Gasteiger partial charge in [-0.2, -0.15) is 22.7 Å². The maximum atomic E-state index is 13.7. The number of nitrogens with one attached hydrogen (secondary N) is 1. The molecule has 2 aromatic rings. The smallest absolute Gasteiger partial charge is 0.252 e. The molecule has 1 aliphatic carbocycles. The van der Waals surface area contributed by atoms with Gasteiger partial charge >= 0.3 is 6.18 Å². The lowest BCUT2D eigenvalue weighted by atomic mass is 10.00. The van der Waals surface area contributed by atoms with Crippen LogP contribution in [0.5, 0.6) is 0 Å². The normalized spacial score (nSPS) is 15.9. The number of aryl methyl sites for hydroxylation is 1. The average molecular weight is 284 g/mol. The number of alkyl halides is 3. The van der Waals surface area contributed by atoms with Crippen LogP contribution < -0.4 is 0 Å². The Labute approximate surface area is 112 Å². The van der Waals surface area contributed by atoms with Crippen LogP contribution >= 0.6 is 0 Å². The van der Waals surface area contributed by atoms with Gasteiger partial charge < -0.3 is 0 Å². The Morgan fingerprint density at radius 2 is 2.00 bits per heavy atom. The molecule has 0 atom stereocenters. The van der Waals surface area contributed by atoms with Crippen LogP contribution in [0.25, 0.3) is 17.0 Å². The zero-order chi connectivity index (χ0) is 14.3. The van der Waals surface area contributed by atoms with Gasteiger partial charge in [-0.25, -0.2) is 0 Å². The molecule has 0 fully saturated rings. The summed E-state index contributed by atoms with van der Waals surface area (Å²) in [4.78, 5) is 0. The summed E-state index contributed by atoms with van der Waals surface area (Å²) in [7, 11) is 0. The Kier molecular flexibility index (Phi) is 3.03. The summed E-state index contributed by atoms with van der Waals surface area (Å²) in [5.41, 5.74) is 2.26. The van der Waals surface area contributed by atoms with Gasteiger partial charge in [0.25, 0.3) is 0 Å². The minimum atomic E-state index is -4.21. The Bertz CT molecular complexity index is 682. The Morgan fingerprint density at radius 1 is 1.20 bits per heavy atom. The van der Waals surface area contributed by atoms with Gasteiger partial charge in [0.15, 0.2) is 0 Å². The lowest BCUT2D eigenvalue weighted by molar-refractivity contribution is -0.127. The average Bonchev–Trinajstić information content (AvgIpc) is 2.60. The van der Waals surface area contributed by atoms with Crippen molar-refractivity contribution in [2.24, 2.45) is 0 Å². The summed E-state index contributed by atoms with van der Waals surface area (Å²) in [6, 6.07) is 3.33. The number of allylic oxidation sites excluding steroid dienone is 1. The Hall–Kier alpha value is -1.85. The van der Waals surface area contributed by atoms with Crippen molar-refractivity contribution in [2.45, 2.75) is 31.9 Å². The van der Waals surface area contributed by atoms with E-state index in [2.05, 4.69) is 10.2 Å². The number of aromatic nitrogens is 2. The van der Waals surface area contributed by atoms with Crippen molar-refractivity contribution >= 4 is 17.0 Å². The maximum Gasteiger partial charge on any atom is 0.392 e. The molecule has 0 spiro atoms. The zero-order valence-corrected chi connectivity index (χ0v) is 10.5. The van der Waals surface area contributed by atoms with E-state index in [1.807, 2.05) is 0 Å². The number of H-pyrrole nitrogens is 1. The fourth-order valence-electron chi connectivity index (χ4n) is 2.74. The molecule has 6 heteroatoms. The second-order valence-corrected chi connectivity index (χ2v) is 5.01. The second kappa shape index (κ2) is 4.61. The van der Waals surface area contributed by atoms with Crippen LogP contribution in [0.4, 0.5) is 17.6 Å². The highest BCUT2D eigenvalue weighted by Crippen LogP contribution is 2.34.